The fourth-order valence-corrected chi connectivity index (χ4v) is 2.03. The van der Waals surface area contributed by atoms with Gasteiger partial charge in [0.2, 0.25) is 0 Å². The van der Waals surface area contributed by atoms with Gasteiger partial charge in [0.1, 0.15) is 0 Å². The lowest BCUT2D eigenvalue weighted by Crippen LogP contribution is -2.25. The van der Waals surface area contributed by atoms with Crippen LogP contribution in [-0.2, 0) is 24.7 Å². The smallest absolute Gasteiger partial charge is 0.152 e. The summed E-state index contributed by atoms with van der Waals surface area (Å²) in [6.45, 7) is 5.34. The normalized spacial score (nSPS) is 10.8. The van der Waals surface area contributed by atoms with Crippen LogP contribution in [0.15, 0.2) is 0 Å². The molecule has 0 fully saturated rings. The average Bonchev–Trinajstić information content (AvgIpc) is 2.57. The molecule has 4 nitrogen and oxygen atoms in total. The highest BCUT2D eigenvalue weighted by atomic mass is 35.5. The maximum absolute atomic E-state index is 11.7. The summed E-state index contributed by atoms with van der Waals surface area (Å²) in [6, 6.07) is 0. The van der Waals surface area contributed by atoms with E-state index in [-0.39, 0.29) is 5.78 Å². The number of rotatable bonds is 7. The van der Waals surface area contributed by atoms with E-state index in [1.54, 1.807) is 4.68 Å². The number of nitrogens with zero attached hydrogens (tertiary/aromatic N) is 2. The van der Waals surface area contributed by atoms with Crippen LogP contribution < -0.4 is 5.32 Å². The quantitative estimate of drug-likeness (QED) is 0.757. The number of aryl methyl sites for hydroxylation is 2. The minimum absolute atomic E-state index is 0.144. The predicted octanol–water partition coefficient (Wildman–Crippen LogP) is 1.75. The van der Waals surface area contributed by atoms with Gasteiger partial charge in [0.15, 0.2) is 5.78 Å². The number of hydrogen-bond donors (Lipinski definition) is 1. The van der Waals surface area contributed by atoms with Crippen molar-refractivity contribution in [3.63, 3.8) is 0 Å². The Kier molecular flexibility index (Phi) is 5.65. The molecule has 0 aliphatic rings. The van der Waals surface area contributed by atoms with Crippen molar-refractivity contribution in [3.05, 3.63) is 16.4 Å². The molecule has 17 heavy (non-hydrogen) atoms. The first-order valence-electron chi connectivity index (χ1n) is 6.02. The second kappa shape index (κ2) is 6.77. The number of hydrogen-bond acceptors (Lipinski definition) is 3. The summed E-state index contributed by atoms with van der Waals surface area (Å²) in [6.07, 6.45) is 2.16. The molecular formula is C12H20ClN3O. The van der Waals surface area contributed by atoms with E-state index in [2.05, 4.69) is 17.3 Å². The Hall–Kier alpha value is -0.870. The molecule has 0 radical (unpaired) electrons. The third kappa shape index (κ3) is 3.82. The van der Waals surface area contributed by atoms with Crippen LogP contribution in [0, 0.1) is 0 Å². The van der Waals surface area contributed by atoms with Crippen LogP contribution >= 0.6 is 11.6 Å². The van der Waals surface area contributed by atoms with Crippen LogP contribution in [0.4, 0.5) is 0 Å². The van der Waals surface area contributed by atoms with Gasteiger partial charge in [-0.2, -0.15) is 5.10 Å². The predicted molar refractivity (Wildman–Crippen MR) is 69.5 cm³/mol. The topological polar surface area (TPSA) is 46.9 Å². The van der Waals surface area contributed by atoms with Crippen LogP contribution in [0.25, 0.3) is 0 Å². The van der Waals surface area contributed by atoms with Gasteiger partial charge < -0.3 is 5.32 Å². The molecule has 0 atom stereocenters. The molecular weight excluding hydrogens is 238 g/mol. The van der Waals surface area contributed by atoms with E-state index in [4.69, 9.17) is 11.6 Å². The van der Waals surface area contributed by atoms with E-state index in [9.17, 15) is 4.79 Å². The van der Waals surface area contributed by atoms with Crippen LogP contribution in [0.1, 0.15) is 31.7 Å². The molecule has 1 rings (SSSR count). The lowest BCUT2D eigenvalue weighted by atomic mass is 10.2. The number of ketones is 1. The van der Waals surface area contributed by atoms with E-state index in [0.29, 0.717) is 18.0 Å². The Morgan fingerprint density at radius 3 is 2.71 bits per heavy atom. The van der Waals surface area contributed by atoms with Gasteiger partial charge in [0, 0.05) is 7.05 Å². The highest BCUT2D eigenvalue weighted by Crippen LogP contribution is 2.21. The summed E-state index contributed by atoms with van der Waals surface area (Å²) in [4.78, 5) is 11.7. The van der Waals surface area contributed by atoms with Crippen molar-refractivity contribution in [1.29, 1.82) is 0 Å². The van der Waals surface area contributed by atoms with Crippen molar-refractivity contribution in [1.82, 2.24) is 15.1 Å². The first-order chi connectivity index (χ1) is 8.10. The summed E-state index contributed by atoms with van der Waals surface area (Å²) in [7, 11) is 1.83. The molecule has 0 bridgehead atoms. The second-order valence-corrected chi connectivity index (χ2v) is 4.45. The SMILES string of the molecule is CCCNCC(=O)Cc1c(Cl)c(CC)nn1C. The molecule has 1 aromatic heterocycles. The van der Waals surface area contributed by atoms with E-state index in [1.165, 1.54) is 0 Å². The number of aromatic nitrogens is 2. The van der Waals surface area contributed by atoms with E-state index in [1.807, 2.05) is 14.0 Å². The summed E-state index contributed by atoms with van der Waals surface area (Å²) >= 11 is 6.18. The summed E-state index contributed by atoms with van der Waals surface area (Å²) < 4.78 is 1.71. The molecule has 0 aliphatic carbocycles. The Morgan fingerprint density at radius 1 is 1.47 bits per heavy atom. The molecule has 0 aromatic carbocycles. The highest BCUT2D eigenvalue weighted by molar-refractivity contribution is 6.32. The van der Waals surface area contributed by atoms with Gasteiger partial charge in [-0.05, 0) is 19.4 Å². The van der Waals surface area contributed by atoms with Gasteiger partial charge in [-0.15, -0.1) is 0 Å². The summed E-state index contributed by atoms with van der Waals surface area (Å²) in [5.41, 5.74) is 1.67. The number of carbonyl (C=O) groups is 1. The van der Waals surface area contributed by atoms with E-state index >= 15 is 0 Å². The zero-order valence-electron chi connectivity index (χ0n) is 10.7. The van der Waals surface area contributed by atoms with Gasteiger partial charge in [0.05, 0.1) is 29.4 Å². The van der Waals surface area contributed by atoms with Crippen molar-refractivity contribution in [2.24, 2.45) is 7.05 Å². The van der Waals surface area contributed by atoms with Crippen LogP contribution in [-0.4, -0.2) is 28.7 Å². The van der Waals surface area contributed by atoms with Crippen molar-refractivity contribution < 1.29 is 4.79 Å². The molecule has 1 heterocycles. The maximum Gasteiger partial charge on any atom is 0.152 e. The minimum Gasteiger partial charge on any atom is -0.310 e. The highest BCUT2D eigenvalue weighted by Gasteiger charge is 2.15. The van der Waals surface area contributed by atoms with Crippen molar-refractivity contribution in [2.45, 2.75) is 33.1 Å². The van der Waals surface area contributed by atoms with Gasteiger partial charge in [0.25, 0.3) is 0 Å². The molecule has 0 spiro atoms. The minimum atomic E-state index is 0.144. The van der Waals surface area contributed by atoms with E-state index < -0.39 is 0 Å². The molecule has 1 N–H and O–H groups in total. The van der Waals surface area contributed by atoms with Gasteiger partial charge in [-0.3, -0.25) is 9.48 Å². The Bertz CT molecular complexity index is 387. The van der Waals surface area contributed by atoms with Crippen LogP contribution in [0.5, 0.6) is 0 Å². The standard InChI is InChI=1S/C12H20ClN3O/c1-4-6-14-8-9(17)7-11-12(13)10(5-2)15-16(11)3/h14H,4-8H2,1-3H3. The lowest BCUT2D eigenvalue weighted by Gasteiger charge is -2.03. The summed E-state index contributed by atoms with van der Waals surface area (Å²) in [5.74, 6) is 0.144. The molecule has 1 aromatic rings. The molecule has 96 valence electrons. The summed E-state index contributed by atoms with van der Waals surface area (Å²) in [5, 5.41) is 8.02. The molecule has 0 unspecified atom stereocenters. The van der Waals surface area contributed by atoms with Crippen molar-refractivity contribution in [3.8, 4) is 0 Å². The number of carbonyl (C=O) groups excluding carboxylic acids is 1. The molecule has 5 heteroatoms. The monoisotopic (exact) mass is 257 g/mol. The van der Waals surface area contributed by atoms with Crippen LogP contribution in [0.2, 0.25) is 5.02 Å². The van der Waals surface area contributed by atoms with Crippen molar-refractivity contribution >= 4 is 17.4 Å². The Balaban J connectivity index is 2.62. The zero-order valence-corrected chi connectivity index (χ0v) is 11.5. The van der Waals surface area contributed by atoms with Crippen LogP contribution in [0.3, 0.4) is 0 Å². The third-order valence-electron chi connectivity index (χ3n) is 2.62. The number of nitrogens with one attached hydrogen (secondary N) is 1. The largest absolute Gasteiger partial charge is 0.310 e. The first kappa shape index (κ1) is 14.2. The Labute approximate surface area is 107 Å². The second-order valence-electron chi connectivity index (χ2n) is 4.08. The van der Waals surface area contributed by atoms with Gasteiger partial charge >= 0.3 is 0 Å². The fourth-order valence-electron chi connectivity index (χ4n) is 1.67. The first-order valence-corrected chi connectivity index (χ1v) is 6.40. The maximum atomic E-state index is 11.7. The van der Waals surface area contributed by atoms with Gasteiger partial charge in [-0.25, -0.2) is 0 Å². The fraction of sp³-hybridized carbons (Fsp3) is 0.667. The molecule has 0 saturated carbocycles. The molecule has 0 aliphatic heterocycles. The van der Waals surface area contributed by atoms with Crippen molar-refractivity contribution in [2.75, 3.05) is 13.1 Å². The zero-order chi connectivity index (χ0) is 12.8. The Morgan fingerprint density at radius 2 is 2.18 bits per heavy atom. The average molecular weight is 258 g/mol. The molecule has 0 saturated heterocycles. The number of halogens is 1. The third-order valence-corrected chi connectivity index (χ3v) is 3.05. The van der Waals surface area contributed by atoms with E-state index in [0.717, 1.165) is 30.8 Å². The number of Topliss-reactive ketones (excluding diaryl/α,β-unsaturated/α-hetero) is 1. The lowest BCUT2D eigenvalue weighted by molar-refractivity contribution is -0.117. The van der Waals surface area contributed by atoms with Gasteiger partial charge in [-0.1, -0.05) is 25.4 Å². The molecule has 0 amide bonds.